The molecule has 0 amide bonds. The topological polar surface area (TPSA) is 6.48 Å². The molecule has 0 radical (unpaired) electrons. The zero-order chi connectivity index (χ0) is 34.9. The van der Waals surface area contributed by atoms with E-state index in [1.807, 2.05) is 0 Å². The van der Waals surface area contributed by atoms with Crippen molar-refractivity contribution in [3.05, 3.63) is 0 Å². The fourth-order valence-corrected chi connectivity index (χ4v) is 7.06. The van der Waals surface area contributed by atoms with Gasteiger partial charge in [-0.25, -0.2) is 0 Å². The molecule has 2 nitrogen and oxygen atoms in total. The number of thiol groups is 1. The third kappa shape index (κ3) is 44.2. The highest BCUT2D eigenvalue weighted by molar-refractivity contribution is 7.80. The van der Waals surface area contributed by atoms with Gasteiger partial charge in [0.15, 0.2) is 0 Å². The van der Waals surface area contributed by atoms with Crippen LogP contribution < -0.4 is 0 Å². The molecule has 0 rings (SSSR count). The van der Waals surface area contributed by atoms with Crippen LogP contribution in [0, 0.1) is 5.92 Å². The van der Waals surface area contributed by atoms with Crippen LogP contribution in [0.4, 0.5) is 0 Å². The molecule has 0 aliphatic carbocycles. The summed E-state index contributed by atoms with van der Waals surface area (Å²) in [5.41, 5.74) is 0. The van der Waals surface area contributed by atoms with E-state index in [1.165, 1.54) is 232 Å². The molecule has 0 aromatic rings. The molecule has 0 aliphatic rings. The Balaban J connectivity index is 0. The number of hydrogen-bond donors (Lipinski definition) is 1. The molecule has 286 valence electrons. The highest BCUT2D eigenvalue weighted by Crippen LogP contribution is 2.18. The van der Waals surface area contributed by atoms with E-state index in [-0.39, 0.29) is 0 Å². The van der Waals surface area contributed by atoms with Crippen molar-refractivity contribution in [2.45, 2.75) is 234 Å². The maximum atomic E-state index is 4.30. The fraction of sp³-hybridized carbons (Fsp3) is 1.00. The molecule has 0 fully saturated rings. The predicted octanol–water partition coefficient (Wildman–Crippen LogP) is 14.9. The van der Waals surface area contributed by atoms with Gasteiger partial charge in [-0.1, -0.05) is 195 Å². The lowest BCUT2D eigenvalue weighted by Crippen LogP contribution is -2.27. The summed E-state index contributed by atoms with van der Waals surface area (Å²) >= 11 is 4.30. The molecule has 47 heavy (non-hydrogen) atoms. The van der Waals surface area contributed by atoms with Gasteiger partial charge in [-0.3, -0.25) is 0 Å². The van der Waals surface area contributed by atoms with E-state index in [0.29, 0.717) is 0 Å². The van der Waals surface area contributed by atoms with Crippen LogP contribution in [0.2, 0.25) is 0 Å². The van der Waals surface area contributed by atoms with Crippen molar-refractivity contribution in [2.75, 3.05) is 45.5 Å². The van der Waals surface area contributed by atoms with Crippen LogP contribution >= 0.6 is 12.6 Å². The van der Waals surface area contributed by atoms with Gasteiger partial charge in [-0.05, 0) is 90.0 Å². The second kappa shape index (κ2) is 44.3. The molecule has 0 saturated carbocycles. The van der Waals surface area contributed by atoms with Gasteiger partial charge in [-0.15, -0.1) is 0 Å². The van der Waals surface area contributed by atoms with Crippen LogP contribution in [-0.2, 0) is 0 Å². The predicted molar refractivity (Wildman–Crippen MR) is 223 cm³/mol. The molecule has 3 heteroatoms. The molecule has 0 spiro atoms. The second-order valence-electron chi connectivity index (χ2n) is 15.4. The smallest absolute Gasteiger partial charge is 0.00187 e. The maximum Gasteiger partial charge on any atom is -0.00187 e. The average Bonchev–Trinajstić information content (AvgIpc) is 3.07. The van der Waals surface area contributed by atoms with Crippen molar-refractivity contribution < 1.29 is 0 Å². The van der Waals surface area contributed by atoms with E-state index in [4.69, 9.17) is 0 Å². The third-order valence-corrected chi connectivity index (χ3v) is 10.5. The Hall–Kier alpha value is 0.270. The summed E-state index contributed by atoms with van der Waals surface area (Å²) in [5.74, 6) is 2.03. The lowest BCUT2D eigenvalue weighted by molar-refractivity contribution is 0.259. The highest BCUT2D eigenvalue weighted by Gasteiger charge is 2.05. The molecule has 0 aliphatic heterocycles. The van der Waals surface area contributed by atoms with E-state index >= 15 is 0 Å². The largest absolute Gasteiger partial charge is 0.306 e. The molecule has 0 bridgehead atoms. The van der Waals surface area contributed by atoms with Crippen LogP contribution in [0.15, 0.2) is 0 Å². The summed E-state index contributed by atoms with van der Waals surface area (Å²) < 4.78 is 0. The molecule has 0 atom stereocenters. The van der Waals surface area contributed by atoms with Gasteiger partial charge in [0.1, 0.15) is 0 Å². The number of rotatable bonds is 38. The number of unbranched alkanes of at least 4 members (excludes halogenated alkanes) is 23. The number of nitrogens with zero attached hydrogens (tertiary/aromatic N) is 2. The van der Waals surface area contributed by atoms with Gasteiger partial charge in [-0.2, -0.15) is 12.6 Å². The van der Waals surface area contributed by atoms with E-state index in [2.05, 4.69) is 64.1 Å². The van der Waals surface area contributed by atoms with Crippen molar-refractivity contribution >= 4 is 12.6 Å². The summed E-state index contributed by atoms with van der Waals surface area (Å²) in [4.78, 5) is 5.28. The molecule has 0 aromatic carbocycles. The first kappa shape index (κ1) is 49.4. The van der Waals surface area contributed by atoms with Crippen LogP contribution in [0.1, 0.15) is 234 Å². The zero-order valence-corrected chi connectivity index (χ0v) is 35.0. The first-order valence-electron chi connectivity index (χ1n) is 22.1. The highest BCUT2D eigenvalue weighted by atomic mass is 32.1. The Bertz CT molecular complexity index is 511. The van der Waals surface area contributed by atoms with Gasteiger partial charge in [0.2, 0.25) is 0 Å². The standard InChI is InChI=1S/C26H56N2S.C18H38/c1-4-6-7-8-11-16-22-27(3)23-17-13-14-19-25-28(21-5-2)24-18-12-9-10-15-20-26-29;1-4-6-8-10-12-14-16-18(3)17-15-13-11-9-7-5-2/h29H,4-26H2,1-3H3;18H,4-17H2,1-3H3. The van der Waals surface area contributed by atoms with E-state index in [9.17, 15) is 0 Å². The molecule has 0 N–H and O–H groups in total. The van der Waals surface area contributed by atoms with Crippen molar-refractivity contribution in [3.63, 3.8) is 0 Å². The Morgan fingerprint density at radius 3 is 1.04 bits per heavy atom. The Morgan fingerprint density at radius 2 is 0.681 bits per heavy atom. The quantitative estimate of drug-likeness (QED) is 0.0511. The van der Waals surface area contributed by atoms with Gasteiger partial charge in [0, 0.05) is 0 Å². The minimum absolute atomic E-state index is 0.974. The molecule has 0 aromatic heterocycles. The van der Waals surface area contributed by atoms with Crippen molar-refractivity contribution in [1.82, 2.24) is 9.80 Å². The summed E-state index contributed by atoms with van der Waals surface area (Å²) in [7, 11) is 2.31. The zero-order valence-electron chi connectivity index (χ0n) is 34.1. The first-order chi connectivity index (χ1) is 23.0. The lowest BCUT2D eigenvalue weighted by Gasteiger charge is -2.22. The summed E-state index contributed by atoms with van der Waals surface area (Å²) in [5, 5.41) is 0. The van der Waals surface area contributed by atoms with Crippen LogP contribution in [0.5, 0.6) is 0 Å². The normalized spacial score (nSPS) is 11.6. The molecule has 0 heterocycles. The van der Waals surface area contributed by atoms with Gasteiger partial charge < -0.3 is 9.80 Å². The lowest BCUT2D eigenvalue weighted by atomic mass is 9.96. The SMILES string of the molecule is CCCCCCCCC(C)CCCCCCCC.CCCCCCCCN(C)CCCCCCN(CCC)CCCCCCCCS. The van der Waals surface area contributed by atoms with E-state index in [0.717, 1.165) is 11.7 Å². The van der Waals surface area contributed by atoms with Crippen LogP contribution in [-0.4, -0.2) is 55.3 Å². The number of hydrogen-bond acceptors (Lipinski definition) is 3. The summed E-state index contributed by atoms with van der Waals surface area (Å²) in [6.45, 7) is 18.2. The summed E-state index contributed by atoms with van der Waals surface area (Å²) in [6, 6.07) is 0. The van der Waals surface area contributed by atoms with Gasteiger partial charge >= 0.3 is 0 Å². The molecule has 0 saturated heterocycles. The van der Waals surface area contributed by atoms with Crippen LogP contribution in [0.3, 0.4) is 0 Å². The van der Waals surface area contributed by atoms with Crippen molar-refractivity contribution in [1.29, 1.82) is 0 Å². The van der Waals surface area contributed by atoms with Gasteiger partial charge in [0.25, 0.3) is 0 Å². The molecular weight excluding hydrogens is 589 g/mol. The monoisotopic (exact) mass is 683 g/mol. The van der Waals surface area contributed by atoms with E-state index < -0.39 is 0 Å². The van der Waals surface area contributed by atoms with Gasteiger partial charge in [0.05, 0.1) is 0 Å². The van der Waals surface area contributed by atoms with Crippen LogP contribution in [0.25, 0.3) is 0 Å². The Labute approximate surface area is 306 Å². The molecular formula is C44H94N2S. The second-order valence-corrected chi connectivity index (χ2v) is 15.8. The first-order valence-corrected chi connectivity index (χ1v) is 22.7. The Morgan fingerprint density at radius 1 is 0.362 bits per heavy atom. The minimum Gasteiger partial charge on any atom is -0.306 e. The summed E-state index contributed by atoms with van der Waals surface area (Å²) in [6.07, 6.45) is 44.0. The Kier molecular flexibility index (Phi) is 46.5. The van der Waals surface area contributed by atoms with Crippen molar-refractivity contribution in [3.8, 4) is 0 Å². The molecule has 0 unspecified atom stereocenters. The average molecular weight is 683 g/mol. The third-order valence-electron chi connectivity index (χ3n) is 10.2. The fourth-order valence-electron chi connectivity index (χ4n) is 6.84. The minimum atomic E-state index is 0.974. The van der Waals surface area contributed by atoms with E-state index in [1.54, 1.807) is 0 Å². The maximum absolute atomic E-state index is 4.30. The van der Waals surface area contributed by atoms with Crippen molar-refractivity contribution in [2.24, 2.45) is 5.92 Å².